The summed E-state index contributed by atoms with van der Waals surface area (Å²) in [6, 6.07) is 12.5. The molecule has 1 heterocycles. The molecule has 0 saturated carbocycles. The molecule has 0 radical (unpaired) electrons. The molecule has 5 nitrogen and oxygen atoms in total. The van der Waals surface area contributed by atoms with E-state index in [-0.39, 0.29) is 5.91 Å². The number of rotatable bonds is 8. The molecule has 7 heteroatoms. The fourth-order valence-electron chi connectivity index (χ4n) is 2.95. The van der Waals surface area contributed by atoms with E-state index in [1.807, 2.05) is 16.8 Å². The van der Waals surface area contributed by atoms with E-state index in [1.54, 1.807) is 60.7 Å². The van der Waals surface area contributed by atoms with Crippen molar-refractivity contribution in [3.8, 4) is 5.75 Å². The number of aromatic nitrogens is 2. The molecule has 0 unspecified atom stereocenters. The van der Waals surface area contributed by atoms with Crippen LogP contribution in [0.4, 0.5) is 0 Å². The zero-order chi connectivity index (χ0) is 20.8. The Morgan fingerprint density at radius 3 is 2.83 bits per heavy atom. The number of ether oxygens (including phenoxy) is 1. The molecular weight excluding hydrogens is 409 g/mol. The Morgan fingerprint density at radius 2 is 2.10 bits per heavy atom. The summed E-state index contributed by atoms with van der Waals surface area (Å²) in [6.45, 7) is 5.03. The Morgan fingerprint density at radius 1 is 1.28 bits per heavy atom. The summed E-state index contributed by atoms with van der Waals surface area (Å²) in [5.41, 5.74) is 1.47. The van der Waals surface area contributed by atoms with E-state index in [2.05, 4.69) is 11.6 Å². The van der Waals surface area contributed by atoms with Gasteiger partial charge >= 0.3 is 0 Å². The molecule has 3 aromatic rings. The van der Waals surface area contributed by atoms with Crippen LogP contribution in [0.3, 0.4) is 0 Å². The van der Waals surface area contributed by atoms with Gasteiger partial charge in [-0.2, -0.15) is 0 Å². The lowest BCUT2D eigenvalue weighted by Gasteiger charge is -2.22. The number of hydrogen-bond donors (Lipinski definition) is 0. The monoisotopic (exact) mass is 429 g/mol. The molecule has 0 aliphatic carbocycles. The van der Waals surface area contributed by atoms with Crippen molar-refractivity contribution in [2.24, 2.45) is 0 Å². The minimum absolute atomic E-state index is 0.122. The van der Waals surface area contributed by atoms with Gasteiger partial charge in [-0.25, -0.2) is 4.98 Å². The fraction of sp³-hybridized carbons (Fsp3) is 0.182. The van der Waals surface area contributed by atoms with Gasteiger partial charge in [0.05, 0.1) is 20.2 Å². The third-order valence-electron chi connectivity index (χ3n) is 4.44. The van der Waals surface area contributed by atoms with E-state index in [1.165, 1.54) is 0 Å². The molecule has 0 aliphatic heterocycles. The van der Waals surface area contributed by atoms with Crippen LogP contribution in [0.5, 0.6) is 5.75 Å². The van der Waals surface area contributed by atoms with Gasteiger partial charge in [-0.05, 0) is 35.9 Å². The molecule has 0 bridgehead atoms. The van der Waals surface area contributed by atoms with E-state index < -0.39 is 0 Å². The number of amides is 1. The van der Waals surface area contributed by atoms with Gasteiger partial charge in [-0.1, -0.05) is 41.4 Å². The molecule has 150 valence electrons. The van der Waals surface area contributed by atoms with Crippen molar-refractivity contribution in [2.45, 2.75) is 13.1 Å². The molecule has 29 heavy (non-hydrogen) atoms. The van der Waals surface area contributed by atoms with Crippen LogP contribution in [0, 0.1) is 0 Å². The van der Waals surface area contributed by atoms with Crippen molar-refractivity contribution in [1.82, 2.24) is 14.5 Å². The lowest BCUT2D eigenvalue weighted by molar-refractivity contribution is 0.0757. The zero-order valence-electron chi connectivity index (χ0n) is 16.0. The molecule has 1 amide bonds. The number of hydrogen-bond acceptors (Lipinski definition) is 3. The maximum atomic E-state index is 13.0. The predicted molar refractivity (Wildman–Crippen MR) is 116 cm³/mol. The number of halogens is 2. The maximum Gasteiger partial charge on any atom is 0.254 e. The summed E-state index contributed by atoms with van der Waals surface area (Å²) in [6.07, 6.45) is 5.27. The molecule has 0 saturated heterocycles. The van der Waals surface area contributed by atoms with Crippen molar-refractivity contribution < 1.29 is 9.53 Å². The van der Waals surface area contributed by atoms with E-state index in [0.29, 0.717) is 41.0 Å². The molecule has 2 aromatic carbocycles. The third kappa shape index (κ3) is 5.19. The van der Waals surface area contributed by atoms with Gasteiger partial charge in [0, 0.05) is 34.5 Å². The molecule has 0 aliphatic rings. The molecule has 0 N–H and O–H groups in total. The first-order valence-corrected chi connectivity index (χ1v) is 9.75. The Labute approximate surface area is 180 Å². The normalized spacial score (nSPS) is 10.6. The molecule has 0 spiro atoms. The second kappa shape index (κ2) is 9.63. The lowest BCUT2D eigenvalue weighted by Crippen LogP contribution is -2.32. The van der Waals surface area contributed by atoms with Crippen molar-refractivity contribution in [1.29, 1.82) is 0 Å². The van der Waals surface area contributed by atoms with Gasteiger partial charge < -0.3 is 14.2 Å². The maximum absolute atomic E-state index is 13.0. The Balaban J connectivity index is 1.82. The van der Waals surface area contributed by atoms with E-state index in [0.717, 1.165) is 11.4 Å². The van der Waals surface area contributed by atoms with Gasteiger partial charge in [0.1, 0.15) is 11.6 Å². The van der Waals surface area contributed by atoms with E-state index in [9.17, 15) is 4.79 Å². The third-order valence-corrected chi connectivity index (χ3v) is 5.03. The number of methoxy groups -OCH3 is 1. The van der Waals surface area contributed by atoms with Crippen molar-refractivity contribution >= 4 is 29.1 Å². The zero-order valence-corrected chi connectivity index (χ0v) is 17.5. The van der Waals surface area contributed by atoms with Gasteiger partial charge in [-0.3, -0.25) is 4.79 Å². The second-order valence-corrected chi connectivity index (χ2v) is 7.26. The second-order valence-electron chi connectivity index (χ2n) is 6.41. The summed E-state index contributed by atoms with van der Waals surface area (Å²) in [5, 5.41) is 1.18. The average Bonchev–Trinajstić information content (AvgIpc) is 3.16. The SMILES string of the molecule is C=CCN(Cc1nccn1Cc1ccc(Cl)cc1Cl)C(=O)c1cccc(OC)c1. The standard InChI is InChI=1S/C22H21Cl2N3O2/c1-3-10-27(22(28)16-5-4-6-19(12-16)29-2)15-21-25-9-11-26(21)14-17-7-8-18(23)13-20(17)24/h3-9,11-13H,1,10,14-15H2,2H3. The first-order valence-electron chi connectivity index (χ1n) is 9.00. The first-order chi connectivity index (χ1) is 14.0. The highest BCUT2D eigenvalue weighted by atomic mass is 35.5. The summed E-state index contributed by atoms with van der Waals surface area (Å²) in [7, 11) is 1.57. The van der Waals surface area contributed by atoms with Crippen LogP contribution < -0.4 is 4.74 Å². The summed E-state index contributed by atoms with van der Waals surface area (Å²) < 4.78 is 7.19. The highest BCUT2D eigenvalue weighted by Crippen LogP contribution is 2.22. The summed E-state index contributed by atoms with van der Waals surface area (Å²) >= 11 is 12.3. The molecular formula is C22H21Cl2N3O2. The van der Waals surface area contributed by atoms with Crippen LogP contribution in [-0.2, 0) is 13.1 Å². The topological polar surface area (TPSA) is 47.4 Å². The van der Waals surface area contributed by atoms with Crippen LogP contribution in [-0.4, -0.2) is 34.0 Å². The highest BCUT2D eigenvalue weighted by molar-refractivity contribution is 6.35. The highest BCUT2D eigenvalue weighted by Gasteiger charge is 2.18. The van der Waals surface area contributed by atoms with E-state index in [4.69, 9.17) is 27.9 Å². The van der Waals surface area contributed by atoms with Gasteiger partial charge in [-0.15, -0.1) is 6.58 Å². The molecule has 0 fully saturated rings. The number of benzene rings is 2. The summed E-state index contributed by atoms with van der Waals surface area (Å²) in [5.74, 6) is 1.25. The average molecular weight is 430 g/mol. The van der Waals surface area contributed by atoms with Crippen LogP contribution >= 0.6 is 23.2 Å². The van der Waals surface area contributed by atoms with Crippen molar-refractivity contribution in [2.75, 3.05) is 13.7 Å². The fourth-order valence-corrected chi connectivity index (χ4v) is 3.42. The number of carbonyl (C=O) groups excluding carboxylic acids is 1. The number of imidazole rings is 1. The number of nitrogens with zero attached hydrogens (tertiary/aromatic N) is 3. The van der Waals surface area contributed by atoms with Crippen LogP contribution in [0.2, 0.25) is 10.0 Å². The Bertz CT molecular complexity index is 1020. The molecule has 3 rings (SSSR count). The van der Waals surface area contributed by atoms with Gasteiger partial charge in [0.2, 0.25) is 0 Å². The van der Waals surface area contributed by atoms with E-state index >= 15 is 0 Å². The van der Waals surface area contributed by atoms with Gasteiger partial charge in [0.15, 0.2) is 0 Å². The first kappa shape index (κ1) is 21.0. The minimum Gasteiger partial charge on any atom is -0.497 e. The molecule has 1 aromatic heterocycles. The van der Waals surface area contributed by atoms with Crippen LogP contribution in [0.1, 0.15) is 21.7 Å². The predicted octanol–water partition coefficient (Wildman–Crippen LogP) is 5.08. The summed E-state index contributed by atoms with van der Waals surface area (Å²) in [4.78, 5) is 19.2. The van der Waals surface area contributed by atoms with Crippen molar-refractivity contribution in [3.63, 3.8) is 0 Å². The van der Waals surface area contributed by atoms with Crippen LogP contribution in [0.25, 0.3) is 0 Å². The smallest absolute Gasteiger partial charge is 0.254 e. The Kier molecular flexibility index (Phi) is 6.96. The van der Waals surface area contributed by atoms with Crippen molar-refractivity contribution in [3.05, 3.63) is 94.5 Å². The number of carbonyl (C=O) groups is 1. The molecule has 0 atom stereocenters. The Hall–Kier alpha value is -2.76. The van der Waals surface area contributed by atoms with Gasteiger partial charge in [0.25, 0.3) is 5.91 Å². The quantitative estimate of drug-likeness (QED) is 0.469. The van der Waals surface area contributed by atoms with Crippen LogP contribution in [0.15, 0.2) is 67.5 Å². The largest absolute Gasteiger partial charge is 0.497 e. The lowest BCUT2D eigenvalue weighted by atomic mass is 10.2. The minimum atomic E-state index is -0.122.